The van der Waals surface area contributed by atoms with Crippen molar-refractivity contribution in [2.24, 2.45) is 0 Å². The van der Waals surface area contributed by atoms with Crippen molar-refractivity contribution in [1.29, 1.82) is 0 Å². The molecule has 0 aliphatic carbocycles. The van der Waals surface area contributed by atoms with Gasteiger partial charge in [-0.05, 0) is 26.4 Å². The molecule has 1 atom stereocenters. The molecule has 0 rings (SSSR count). The van der Waals surface area contributed by atoms with Crippen molar-refractivity contribution in [3.63, 3.8) is 0 Å². The predicted octanol–water partition coefficient (Wildman–Crippen LogP) is 1.31. The van der Waals surface area contributed by atoms with Crippen LogP contribution in [0.2, 0.25) is 0 Å². The molecule has 2 heteroatoms. The lowest BCUT2D eigenvalue weighted by Crippen LogP contribution is -2.07. The first kappa shape index (κ1) is 10.7. The number of nitrogens with one attached hydrogen (secondary N) is 1. The van der Waals surface area contributed by atoms with Crippen LogP contribution in [0.25, 0.3) is 0 Å². The third-order valence-corrected chi connectivity index (χ3v) is 1.70. The number of aliphatic hydroxyl groups is 1. The highest BCUT2D eigenvalue weighted by atomic mass is 16.3. The summed E-state index contributed by atoms with van der Waals surface area (Å²) in [6.07, 6.45) is 5.62. The first-order valence-electron chi connectivity index (χ1n) is 4.26. The number of hydrogen-bond donors (Lipinski definition) is 2. The monoisotopic (exact) mass is 157 g/mol. The van der Waals surface area contributed by atoms with E-state index in [1.54, 1.807) is 6.08 Å². The zero-order valence-corrected chi connectivity index (χ0v) is 7.34. The quantitative estimate of drug-likeness (QED) is 0.431. The number of rotatable bonds is 7. The maximum atomic E-state index is 9.08. The maximum Gasteiger partial charge on any atom is 0.0718 e. The average molecular weight is 157 g/mol. The topological polar surface area (TPSA) is 32.3 Å². The molecule has 0 saturated heterocycles. The molecule has 0 heterocycles. The van der Waals surface area contributed by atoms with Gasteiger partial charge in [0.2, 0.25) is 0 Å². The second-order valence-electron chi connectivity index (χ2n) is 2.76. The molecule has 2 nitrogen and oxygen atoms in total. The first-order chi connectivity index (χ1) is 5.31. The molecule has 0 aromatic rings. The van der Waals surface area contributed by atoms with Crippen LogP contribution in [-0.4, -0.2) is 24.8 Å². The normalized spacial score (nSPS) is 12.9. The van der Waals surface area contributed by atoms with Crippen molar-refractivity contribution in [3.8, 4) is 0 Å². The highest BCUT2D eigenvalue weighted by Gasteiger charge is 1.96. The second-order valence-corrected chi connectivity index (χ2v) is 2.76. The largest absolute Gasteiger partial charge is 0.389 e. The van der Waals surface area contributed by atoms with Gasteiger partial charge in [0.25, 0.3) is 0 Å². The standard InChI is InChI=1S/C9H19NO/c1-3-9(11)7-5-4-6-8-10-2/h3,9-11H,1,4-8H2,2H3. The van der Waals surface area contributed by atoms with Gasteiger partial charge in [-0.25, -0.2) is 0 Å². The molecule has 0 aromatic carbocycles. The Bertz CT molecular complexity index is 93.6. The Hall–Kier alpha value is -0.340. The van der Waals surface area contributed by atoms with Crippen molar-refractivity contribution < 1.29 is 5.11 Å². The summed E-state index contributed by atoms with van der Waals surface area (Å²) in [6.45, 7) is 4.59. The van der Waals surface area contributed by atoms with Crippen LogP contribution in [0.15, 0.2) is 12.7 Å². The summed E-state index contributed by atoms with van der Waals surface area (Å²) in [5.41, 5.74) is 0. The Balaban J connectivity index is 2.95. The van der Waals surface area contributed by atoms with E-state index in [9.17, 15) is 0 Å². The second kappa shape index (κ2) is 7.76. The SMILES string of the molecule is C=CC(O)CCCCCNC. The van der Waals surface area contributed by atoms with Gasteiger partial charge in [-0.3, -0.25) is 0 Å². The van der Waals surface area contributed by atoms with Crippen LogP contribution in [0.5, 0.6) is 0 Å². The third kappa shape index (κ3) is 7.56. The van der Waals surface area contributed by atoms with Crippen LogP contribution in [0.4, 0.5) is 0 Å². The van der Waals surface area contributed by atoms with Gasteiger partial charge in [0.05, 0.1) is 6.10 Å². The lowest BCUT2D eigenvalue weighted by atomic mass is 10.1. The minimum atomic E-state index is -0.301. The molecule has 1 unspecified atom stereocenters. The van der Waals surface area contributed by atoms with Gasteiger partial charge >= 0.3 is 0 Å². The van der Waals surface area contributed by atoms with E-state index in [1.165, 1.54) is 12.8 Å². The molecule has 0 radical (unpaired) electrons. The molecule has 0 bridgehead atoms. The highest BCUT2D eigenvalue weighted by molar-refractivity contribution is 4.77. The Labute approximate surface area is 69.3 Å². The summed E-state index contributed by atoms with van der Waals surface area (Å²) in [6, 6.07) is 0. The van der Waals surface area contributed by atoms with E-state index in [2.05, 4.69) is 11.9 Å². The van der Waals surface area contributed by atoms with E-state index in [0.717, 1.165) is 19.4 Å². The molecule has 11 heavy (non-hydrogen) atoms. The van der Waals surface area contributed by atoms with Gasteiger partial charge in [-0.1, -0.05) is 18.9 Å². The van der Waals surface area contributed by atoms with Crippen molar-refractivity contribution in [2.45, 2.75) is 31.8 Å². The van der Waals surface area contributed by atoms with E-state index in [-0.39, 0.29) is 6.10 Å². The van der Waals surface area contributed by atoms with E-state index >= 15 is 0 Å². The molecular weight excluding hydrogens is 138 g/mol. The molecule has 2 N–H and O–H groups in total. The Morgan fingerprint density at radius 2 is 2.18 bits per heavy atom. The molecule has 0 aliphatic rings. The van der Waals surface area contributed by atoms with Gasteiger partial charge in [-0.2, -0.15) is 0 Å². The number of hydrogen-bond acceptors (Lipinski definition) is 2. The number of aliphatic hydroxyl groups excluding tert-OH is 1. The minimum absolute atomic E-state index is 0.301. The van der Waals surface area contributed by atoms with Crippen LogP contribution in [0.1, 0.15) is 25.7 Å². The third-order valence-electron chi connectivity index (χ3n) is 1.70. The summed E-state index contributed by atoms with van der Waals surface area (Å²) in [7, 11) is 1.96. The van der Waals surface area contributed by atoms with E-state index in [0.29, 0.717) is 0 Å². The lowest BCUT2D eigenvalue weighted by Gasteiger charge is -2.03. The van der Waals surface area contributed by atoms with Crippen LogP contribution in [0, 0.1) is 0 Å². The minimum Gasteiger partial charge on any atom is -0.389 e. The zero-order valence-electron chi connectivity index (χ0n) is 7.34. The molecule has 0 amide bonds. The molecule has 66 valence electrons. The fourth-order valence-electron chi connectivity index (χ4n) is 0.950. The van der Waals surface area contributed by atoms with Gasteiger partial charge < -0.3 is 10.4 Å². The fourth-order valence-corrected chi connectivity index (χ4v) is 0.950. The number of unbranched alkanes of at least 4 members (excludes halogenated alkanes) is 2. The molecule has 0 aromatic heterocycles. The van der Waals surface area contributed by atoms with Crippen LogP contribution < -0.4 is 5.32 Å². The summed E-state index contributed by atoms with van der Waals surface area (Å²) < 4.78 is 0. The first-order valence-corrected chi connectivity index (χ1v) is 4.26. The Kier molecular flexibility index (Phi) is 7.52. The van der Waals surface area contributed by atoms with E-state index in [4.69, 9.17) is 5.11 Å². The summed E-state index contributed by atoms with van der Waals surface area (Å²) >= 11 is 0. The Morgan fingerprint density at radius 1 is 1.45 bits per heavy atom. The molecule has 0 fully saturated rings. The van der Waals surface area contributed by atoms with Gasteiger partial charge in [-0.15, -0.1) is 6.58 Å². The smallest absolute Gasteiger partial charge is 0.0718 e. The van der Waals surface area contributed by atoms with Gasteiger partial charge in [0.15, 0.2) is 0 Å². The molecule has 0 aliphatic heterocycles. The average Bonchev–Trinajstić information content (AvgIpc) is 2.04. The maximum absolute atomic E-state index is 9.08. The summed E-state index contributed by atoms with van der Waals surface area (Å²) in [5.74, 6) is 0. The summed E-state index contributed by atoms with van der Waals surface area (Å²) in [5, 5.41) is 12.2. The van der Waals surface area contributed by atoms with E-state index < -0.39 is 0 Å². The molecule has 0 spiro atoms. The van der Waals surface area contributed by atoms with Gasteiger partial charge in [0.1, 0.15) is 0 Å². The molecule has 0 saturated carbocycles. The van der Waals surface area contributed by atoms with Crippen molar-refractivity contribution in [3.05, 3.63) is 12.7 Å². The van der Waals surface area contributed by atoms with Crippen molar-refractivity contribution in [2.75, 3.05) is 13.6 Å². The van der Waals surface area contributed by atoms with Crippen LogP contribution in [-0.2, 0) is 0 Å². The van der Waals surface area contributed by atoms with Crippen molar-refractivity contribution in [1.82, 2.24) is 5.32 Å². The van der Waals surface area contributed by atoms with E-state index in [1.807, 2.05) is 7.05 Å². The lowest BCUT2D eigenvalue weighted by molar-refractivity contribution is 0.208. The molecular formula is C9H19NO. The van der Waals surface area contributed by atoms with Crippen LogP contribution in [0.3, 0.4) is 0 Å². The zero-order chi connectivity index (χ0) is 8.53. The fraction of sp³-hybridized carbons (Fsp3) is 0.778. The van der Waals surface area contributed by atoms with Gasteiger partial charge in [0, 0.05) is 0 Å². The van der Waals surface area contributed by atoms with Crippen LogP contribution >= 0.6 is 0 Å². The summed E-state index contributed by atoms with van der Waals surface area (Å²) in [4.78, 5) is 0. The highest BCUT2D eigenvalue weighted by Crippen LogP contribution is 2.03. The predicted molar refractivity (Wildman–Crippen MR) is 48.6 cm³/mol. The Morgan fingerprint density at radius 3 is 2.73 bits per heavy atom. The van der Waals surface area contributed by atoms with Crippen molar-refractivity contribution >= 4 is 0 Å².